The van der Waals surface area contributed by atoms with Gasteiger partial charge in [0.1, 0.15) is 17.8 Å². The lowest BCUT2D eigenvalue weighted by atomic mass is 9.91. The summed E-state index contributed by atoms with van der Waals surface area (Å²) < 4.78 is 10.9. The summed E-state index contributed by atoms with van der Waals surface area (Å²) in [6.45, 7) is 15.5. The molecule has 1 heterocycles. The lowest BCUT2D eigenvalue weighted by molar-refractivity contribution is 0.00241. The van der Waals surface area contributed by atoms with Crippen molar-refractivity contribution in [1.29, 1.82) is 0 Å². The summed E-state index contributed by atoms with van der Waals surface area (Å²) in [5.74, 6) is 0.556. The van der Waals surface area contributed by atoms with Crippen LogP contribution in [0.3, 0.4) is 0 Å². The monoisotopic (exact) mass is 296 g/mol. The van der Waals surface area contributed by atoms with E-state index in [-0.39, 0.29) is 23.7 Å². The zero-order valence-corrected chi connectivity index (χ0v) is 14.3. The predicted octanol–water partition coefficient (Wildman–Crippen LogP) is 3.60. The normalized spacial score (nSPS) is 22.8. The number of carbonyl (C=O) groups is 1. The highest BCUT2D eigenvalue weighted by Crippen LogP contribution is 2.34. The molecule has 1 rings (SSSR count). The van der Waals surface area contributed by atoms with Crippen molar-refractivity contribution in [3.8, 4) is 0 Å². The molecule has 0 aliphatic carbocycles. The van der Waals surface area contributed by atoms with Gasteiger partial charge in [0.15, 0.2) is 0 Å². The highest BCUT2D eigenvalue weighted by Gasteiger charge is 2.46. The average Bonchev–Trinajstić information content (AvgIpc) is 2.65. The standard InChI is InChI=1S/C16H28N2O3/c1-9-10-11-12(20-8)17-13(15(2,3)4)18(11)14(19)21-16(5,6)7/h9,11,13H,1,10H2,2-8H3/t11-,13-/m0/s1. The van der Waals surface area contributed by atoms with Crippen LogP contribution < -0.4 is 0 Å². The van der Waals surface area contributed by atoms with E-state index in [1.54, 1.807) is 18.1 Å². The van der Waals surface area contributed by atoms with Crippen molar-refractivity contribution in [1.82, 2.24) is 4.90 Å². The van der Waals surface area contributed by atoms with E-state index in [4.69, 9.17) is 9.47 Å². The maximum absolute atomic E-state index is 12.6. The van der Waals surface area contributed by atoms with Gasteiger partial charge in [-0.2, -0.15) is 0 Å². The quantitative estimate of drug-likeness (QED) is 0.732. The first-order valence-electron chi connectivity index (χ1n) is 7.25. The Hall–Kier alpha value is -1.52. The van der Waals surface area contributed by atoms with Gasteiger partial charge >= 0.3 is 6.09 Å². The molecule has 21 heavy (non-hydrogen) atoms. The van der Waals surface area contributed by atoms with Crippen molar-refractivity contribution >= 4 is 12.0 Å². The number of hydrogen-bond acceptors (Lipinski definition) is 4. The third-order valence-electron chi connectivity index (χ3n) is 3.11. The molecule has 0 spiro atoms. The molecular weight excluding hydrogens is 268 g/mol. The van der Waals surface area contributed by atoms with Crippen molar-refractivity contribution in [2.24, 2.45) is 10.4 Å². The molecule has 0 aromatic rings. The van der Waals surface area contributed by atoms with Crippen molar-refractivity contribution in [2.45, 2.75) is 65.8 Å². The Morgan fingerprint density at radius 3 is 2.29 bits per heavy atom. The van der Waals surface area contributed by atoms with Crippen LogP contribution in [0.4, 0.5) is 4.79 Å². The van der Waals surface area contributed by atoms with Crippen LogP contribution in [0.1, 0.15) is 48.0 Å². The van der Waals surface area contributed by atoms with Gasteiger partial charge < -0.3 is 9.47 Å². The minimum Gasteiger partial charge on any atom is -0.483 e. The number of carbonyl (C=O) groups excluding carboxylic acids is 1. The molecule has 2 atom stereocenters. The average molecular weight is 296 g/mol. The summed E-state index contributed by atoms with van der Waals surface area (Å²) in [6, 6.07) is -0.258. The maximum Gasteiger partial charge on any atom is 0.412 e. The van der Waals surface area contributed by atoms with E-state index < -0.39 is 5.60 Å². The summed E-state index contributed by atoms with van der Waals surface area (Å²) >= 11 is 0. The Kier molecular flexibility index (Phi) is 5.07. The van der Waals surface area contributed by atoms with E-state index >= 15 is 0 Å². The molecule has 1 amide bonds. The number of methoxy groups -OCH3 is 1. The zero-order chi connectivity index (χ0) is 16.4. The van der Waals surface area contributed by atoms with Gasteiger partial charge in [-0.05, 0) is 27.2 Å². The van der Waals surface area contributed by atoms with Crippen LogP contribution in [-0.4, -0.2) is 41.8 Å². The highest BCUT2D eigenvalue weighted by atomic mass is 16.6. The minimum absolute atomic E-state index is 0.212. The fourth-order valence-electron chi connectivity index (χ4n) is 2.27. The number of rotatable bonds is 2. The van der Waals surface area contributed by atoms with Crippen molar-refractivity contribution in [3.63, 3.8) is 0 Å². The molecule has 1 aliphatic rings. The van der Waals surface area contributed by atoms with E-state index in [0.717, 1.165) is 0 Å². The van der Waals surface area contributed by atoms with Gasteiger partial charge in [0.05, 0.1) is 7.11 Å². The largest absolute Gasteiger partial charge is 0.483 e. The Balaban J connectivity index is 3.14. The molecule has 0 radical (unpaired) electrons. The molecular formula is C16H28N2O3. The molecule has 0 bridgehead atoms. The van der Waals surface area contributed by atoms with Gasteiger partial charge in [0.25, 0.3) is 0 Å². The van der Waals surface area contributed by atoms with Gasteiger partial charge in [-0.3, -0.25) is 4.90 Å². The molecule has 0 saturated heterocycles. The van der Waals surface area contributed by atoms with E-state index in [2.05, 4.69) is 11.6 Å². The van der Waals surface area contributed by atoms with E-state index in [0.29, 0.717) is 12.3 Å². The third-order valence-corrected chi connectivity index (χ3v) is 3.11. The molecule has 1 aliphatic heterocycles. The molecule has 0 N–H and O–H groups in total. The van der Waals surface area contributed by atoms with Crippen LogP contribution in [0.5, 0.6) is 0 Å². The Labute approximate surface area is 128 Å². The molecule has 0 aromatic heterocycles. The number of hydrogen-bond donors (Lipinski definition) is 0. The first-order valence-corrected chi connectivity index (χ1v) is 7.25. The van der Waals surface area contributed by atoms with Gasteiger partial charge in [-0.25, -0.2) is 9.79 Å². The van der Waals surface area contributed by atoms with Crippen LogP contribution in [0.25, 0.3) is 0 Å². The van der Waals surface area contributed by atoms with Crippen molar-refractivity contribution < 1.29 is 14.3 Å². The molecule has 5 nitrogen and oxygen atoms in total. The summed E-state index contributed by atoms with van der Waals surface area (Å²) in [5.41, 5.74) is -0.759. The SMILES string of the molecule is C=CC[C@H]1C(OC)=N[C@H](C(C)(C)C)N1C(=O)OC(C)(C)C. The number of aliphatic imine (C=N–C) groups is 1. The summed E-state index contributed by atoms with van der Waals surface area (Å²) in [6.07, 6.45) is 1.66. The zero-order valence-electron chi connectivity index (χ0n) is 14.3. The fraction of sp³-hybridized carbons (Fsp3) is 0.750. The van der Waals surface area contributed by atoms with E-state index in [9.17, 15) is 4.79 Å². The van der Waals surface area contributed by atoms with Gasteiger partial charge in [-0.1, -0.05) is 26.8 Å². The maximum atomic E-state index is 12.6. The minimum atomic E-state index is -0.548. The second-order valence-electron chi connectivity index (χ2n) is 7.34. The first kappa shape index (κ1) is 17.5. The molecule has 5 heteroatoms. The Bertz CT molecular complexity index is 430. The predicted molar refractivity (Wildman–Crippen MR) is 84.4 cm³/mol. The number of ether oxygens (including phenoxy) is 2. The lowest BCUT2D eigenvalue weighted by Crippen LogP contribution is -2.50. The molecule has 0 saturated carbocycles. The summed E-state index contributed by atoms with van der Waals surface area (Å²) in [4.78, 5) is 18.9. The second-order valence-corrected chi connectivity index (χ2v) is 7.34. The smallest absolute Gasteiger partial charge is 0.412 e. The topological polar surface area (TPSA) is 51.1 Å². The van der Waals surface area contributed by atoms with Crippen molar-refractivity contribution in [2.75, 3.05) is 7.11 Å². The first-order chi connectivity index (χ1) is 9.51. The van der Waals surface area contributed by atoms with Crippen LogP contribution >= 0.6 is 0 Å². The third kappa shape index (κ3) is 4.22. The summed E-state index contributed by atoms with van der Waals surface area (Å²) in [5, 5.41) is 0. The van der Waals surface area contributed by atoms with Gasteiger partial charge in [-0.15, -0.1) is 6.58 Å². The molecule has 0 fully saturated rings. The lowest BCUT2D eigenvalue weighted by Gasteiger charge is -2.36. The van der Waals surface area contributed by atoms with Crippen LogP contribution in [0.2, 0.25) is 0 Å². The Morgan fingerprint density at radius 1 is 1.33 bits per heavy atom. The Morgan fingerprint density at radius 2 is 1.90 bits per heavy atom. The molecule has 120 valence electrons. The highest BCUT2D eigenvalue weighted by molar-refractivity contribution is 5.89. The van der Waals surface area contributed by atoms with Gasteiger partial charge in [0, 0.05) is 5.41 Å². The van der Waals surface area contributed by atoms with Crippen LogP contribution in [0.15, 0.2) is 17.6 Å². The molecule has 0 unspecified atom stereocenters. The fourth-order valence-corrected chi connectivity index (χ4v) is 2.27. The van der Waals surface area contributed by atoms with E-state index in [1.165, 1.54) is 0 Å². The van der Waals surface area contributed by atoms with Gasteiger partial charge in [0.2, 0.25) is 5.90 Å². The number of amides is 1. The summed E-state index contributed by atoms with van der Waals surface area (Å²) in [7, 11) is 1.58. The second kappa shape index (κ2) is 6.08. The van der Waals surface area contributed by atoms with Crippen LogP contribution in [0, 0.1) is 5.41 Å². The number of nitrogens with zero attached hydrogens (tertiary/aromatic N) is 2. The molecule has 0 aromatic carbocycles. The van der Waals surface area contributed by atoms with E-state index in [1.807, 2.05) is 41.5 Å². The van der Waals surface area contributed by atoms with Crippen molar-refractivity contribution in [3.05, 3.63) is 12.7 Å². The van der Waals surface area contributed by atoms with Crippen LogP contribution in [-0.2, 0) is 9.47 Å².